The van der Waals surface area contributed by atoms with Crippen LogP contribution in [0.2, 0.25) is 10.6 Å². The molecule has 0 radical (unpaired) electrons. The van der Waals surface area contributed by atoms with Crippen LogP contribution in [0.5, 0.6) is 0 Å². The van der Waals surface area contributed by atoms with Gasteiger partial charge in [-0.2, -0.15) is 0 Å². The molecule has 0 aromatic carbocycles. The van der Waals surface area contributed by atoms with E-state index >= 15 is 0 Å². The Morgan fingerprint density at radius 2 is 1.64 bits per heavy atom. The van der Waals surface area contributed by atoms with Crippen LogP contribution in [0.15, 0.2) is 0 Å². The Morgan fingerprint density at radius 1 is 1.27 bits per heavy atom. The van der Waals surface area contributed by atoms with Crippen LogP contribution in [0, 0.1) is 0 Å². The summed E-state index contributed by atoms with van der Waals surface area (Å²) < 4.78 is 0. The van der Waals surface area contributed by atoms with Gasteiger partial charge in [-0.05, 0) is 10.6 Å². The minimum Gasteiger partial charge on any atom is -0.145 e. The van der Waals surface area contributed by atoms with Crippen molar-refractivity contribution in [3.63, 3.8) is 0 Å². The smallest absolute Gasteiger partial charge is 0.145 e. The molecule has 0 aliphatic carbocycles. The van der Waals surface area contributed by atoms with E-state index in [0.717, 1.165) is 6.42 Å². The molecule has 0 amide bonds. The Labute approximate surface area is 80.7 Å². The topological polar surface area (TPSA) is 0 Å². The van der Waals surface area contributed by atoms with Crippen LogP contribution in [-0.4, -0.2) is 6.69 Å². The SMILES string of the molecule is CCC(C)(C)[Si](Cl)(Cl)C(C)C. The van der Waals surface area contributed by atoms with Gasteiger partial charge in [-0.25, -0.2) is 0 Å². The molecule has 0 bridgehead atoms. The Hall–Kier alpha value is 0.797. The molecular formula is C8H18Cl2Si. The average Bonchev–Trinajstić information content (AvgIpc) is 1.87. The van der Waals surface area contributed by atoms with Crippen LogP contribution in [-0.2, 0) is 0 Å². The van der Waals surface area contributed by atoms with Crippen LogP contribution in [0.25, 0.3) is 0 Å². The summed E-state index contributed by atoms with van der Waals surface area (Å²) in [5.41, 5.74) is 0.431. The van der Waals surface area contributed by atoms with Gasteiger partial charge >= 0.3 is 0 Å². The van der Waals surface area contributed by atoms with Gasteiger partial charge in [-0.3, -0.25) is 0 Å². The summed E-state index contributed by atoms with van der Waals surface area (Å²) in [6.07, 6.45) is 1.06. The normalized spacial score (nSPS) is 14.2. The quantitative estimate of drug-likeness (QED) is 0.478. The first-order valence-electron chi connectivity index (χ1n) is 4.13. The summed E-state index contributed by atoms with van der Waals surface area (Å²) in [4.78, 5) is 0. The Balaban J connectivity index is 4.53. The zero-order chi connectivity index (χ0) is 9.28. The monoisotopic (exact) mass is 212 g/mol. The fourth-order valence-corrected chi connectivity index (χ4v) is 3.85. The van der Waals surface area contributed by atoms with E-state index in [9.17, 15) is 0 Å². The van der Waals surface area contributed by atoms with Crippen molar-refractivity contribution >= 4 is 28.9 Å². The molecule has 0 aromatic heterocycles. The van der Waals surface area contributed by atoms with Gasteiger partial charge in [-0.15, -0.1) is 22.2 Å². The standard InChI is InChI=1S/C8H18Cl2Si/c1-6-8(4,5)11(9,10)7(2)3/h7H,6H2,1-5H3. The van der Waals surface area contributed by atoms with Gasteiger partial charge < -0.3 is 0 Å². The summed E-state index contributed by atoms with van der Waals surface area (Å²) in [5.74, 6) is 0. The van der Waals surface area contributed by atoms with Gasteiger partial charge in [0.15, 0.2) is 0 Å². The van der Waals surface area contributed by atoms with Crippen LogP contribution in [0.3, 0.4) is 0 Å². The van der Waals surface area contributed by atoms with Gasteiger partial charge in [0.1, 0.15) is 0 Å². The van der Waals surface area contributed by atoms with Gasteiger partial charge in [0.25, 0.3) is 6.69 Å². The molecule has 0 fully saturated rings. The van der Waals surface area contributed by atoms with Gasteiger partial charge in [0.05, 0.1) is 0 Å². The minimum atomic E-state index is -2.06. The summed E-state index contributed by atoms with van der Waals surface area (Å²) in [6, 6.07) is 0. The second kappa shape index (κ2) is 3.67. The largest absolute Gasteiger partial charge is 0.259 e. The number of hydrogen-bond acceptors (Lipinski definition) is 0. The molecule has 0 nitrogen and oxygen atoms in total. The first kappa shape index (κ1) is 11.8. The highest BCUT2D eigenvalue weighted by Gasteiger charge is 2.46. The van der Waals surface area contributed by atoms with Crippen molar-refractivity contribution in [1.29, 1.82) is 0 Å². The lowest BCUT2D eigenvalue weighted by atomic mass is 10.1. The van der Waals surface area contributed by atoms with Crippen molar-refractivity contribution in [2.45, 2.75) is 51.6 Å². The van der Waals surface area contributed by atoms with E-state index in [1.807, 2.05) is 0 Å². The molecule has 0 N–H and O–H groups in total. The molecule has 0 rings (SSSR count). The highest BCUT2D eigenvalue weighted by molar-refractivity contribution is 7.47. The molecule has 0 saturated carbocycles. The van der Waals surface area contributed by atoms with Gasteiger partial charge in [0, 0.05) is 0 Å². The van der Waals surface area contributed by atoms with Crippen molar-refractivity contribution in [2.24, 2.45) is 0 Å². The summed E-state index contributed by atoms with van der Waals surface area (Å²) in [5, 5.41) is 0.129. The van der Waals surface area contributed by atoms with Crippen LogP contribution in [0.1, 0.15) is 41.0 Å². The van der Waals surface area contributed by atoms with Crippen molar-refractivity contribution in [3.8, 4) is 0 Å². The van der Waals surface area contributed by atoms with E-state index in [0.29, 0.717) is 5.54 Å². The van der Waals surface area contributed by atoms with Crippen molar-refractivity contribution in [1.82, 2.24) is 0 Å². The molecule has 0 heterocycles. The Kier molecular flexibility index (Phi) is 3.94. The maximum Gasteiger partial charge on any atom is 0.259 e. The second-order valence-electron chi connectivity index (χ2n) is 4.02. The fraction of sp³-hybridized carbons (Fsp3) is 1.00. The van der Waals surface area contributed by atoms with Gasteiger partial charge in [0.2, 0.25) is 0 Å². The number of hydrogen-bond donors (Lipinski definition) is 0. The highest BCUT2D eigenvalue weighted by Crippen LogP contribution is 2.51. The maximum atomic E-state index is 6.37. The van der Waals surface area contributed by atoms with Crippen LogP contribution < -0.4 is 0 Å². The highest BCUT2D eigenvalue weighted by atomic mass is 35.7. The maximum absolute atomic E-state index is 6.37. The molecule has 0 spiro atoms. The van der Waals surface area contributed by atoms with Crippen molar-refractivity contribution < 1.29 is 0 Å². The predicted molar refractivity (Wildman–Crippen MR) is 56.9 cm³/mol. The van der Waals surface area contributed by atoms with E-state index in [4.69, 9.17) is 22.2 Å². The third-order valence-corrected chi connectivity index (χ3v) is 11.8. The van der Waals surface area contributed by atoms with Crippen LogP contribution in [0.4, 0.5) is 0 Å². The molecule has 0 saturated heterocycles. The van der Waals surface area contributed by atoms with Crippen molar-refractivity contribution in [2.75, 3.05) is 0 Å². The molecule has 68 valence electrons. The molecular weight excluding hydrogens is 195 g/mol. The van der Waals surface area contributed by atoms with Gasteiger partial charge in [-0.1, -0.05) is 41.0 Å². The fourth-order valence-electron chi connectivity index (χ4n) is 1.02. The third-order valence-electron chi connectivity index (χ3n) is 2.51. The zero-order valence-electron chi connectivity index (χ0n) is 8.04. The minimum absolute atomic E-state index is 0.129. The molecule has 0 unspecified atom stereocenters. The van der Waals surface area contributed by atoms with E-state index in [1.165, 1.54) is 0 Å². The second-order valence-corrected chi connectivity index (χ2v) is 11.9. The molecule has 3 heteroatoms. The lowest BCUT2D eigenvalue weighted by Gasteiger charge is -2.37. The van der Waals surface area contributed by atoms with E-state index in [-0.39, 0.29) is 5.04 Å². The molecule has 0 aromatic rings. The molecule has 0 atom stereocenters. The molecule has 11 heavy (non-hydrogen) atoms. The molecule has 0 aliphatic rings. The number of rotatable bonds is 3. The van der Waals surface area contributed by atoms with E-state index in [2.05, 4.69) is 34.6 Å². The summed E-state index contributed by atoms with van der Waals surface area (Å²) in [7, 11) is 0. The predicted octanol–water partition coefficient (Wildman–Crippen LogP) is 4.51. The first-order chi connectivity index (χ1) is 4.75. The summed E-state index contributed by atoms with van der Waals surface area (Å²) >= 11 is 12.7. The average molecular weight is 213 g/mol. The molecule has 0 aliphatic heterocycles. The lowest BCUT2D eigenvalue weighted by Crippen LogP contribution is -2.36. The zero-order valence-corrected chi connectivity index (χ0v) is 10.6. The van der Waals surface area contributed by atoms with Crippen LogP contribution >= 0.6 is 22.2 Å². The van der Waals surface area contributed by atoms with E-state index < -0.39 is 6.69 Å². The summed E-state index contributed by atoms with van der Waals surface area (Å²) in [6.45, 7) is 8.65. The Morgan fingerprint density at radius 3 is 1.73 bits per heavy atom. The third kappa shape index (κ3) is 2.36. The van der Waals surface area contributed by atoms with E-state index in [1.54, 1.807) is 0 Å². The first-order valence-corrected chi connectivity index (χ1v) is 8.23. The Bertz CT molecular complexity index is 130. The number of halogens is 2. The van der Waals surface area contributed by atoms with Crippen molar-refractivity contribution in [3.05, 3.63) is 0 Å². The lowest BCUT2D eigenvalue weighted by molar-refractivity contribution is 0.623.